The van der Waals surface area contributed by atoms with Gasteiger partial charge in [-0.1, -0.05) is 18.2 Å². The summed E-state index contributed by atoms with van der Waals surface area (Å²) in [5, 5.41) is 4.72. The van der Waals surface area contributed by atoms with E-state index in [0.717, 1.165) is 10.9 Å². The highest BCUT2D eigenvalue weighted by molar-refractivity contribution is 6.06. The summed E-state index contributed by atoms with van der Waals surface area (Å²) in [5.41, 5.74) is 4.30. The van der Waals surface area contributed by atoms with Crippen molar-refractivity contribution in [1.29, 1.82) is 0 Å². The first-order valence-electron chi connectivity index (χ1n) is 7.24. The van der Waals surface area contributed by atoms with Crippen LogP contribution in [0.3, 0.4) is 0 Å². The Morgan fingerprint density at radius 3 is 2.79 bits per heavy atom. The second kappa shape index (κ2) is 6.87. The van der Waals surface area contributed by atoms with Crippen LogP contribution in [0.2, 0.25) is 0 Å². The molecule has 0 aliphatic heterocycles. The first kappa shape index (κ1) is 15.6. The fourth-order valence-electron chi connectivity index (χ4n) is 2.30. The Hall–Kier alpha value is -3.28. The van der Waals surface area contributed by atoms with Gasteiger partial charge in [-0.15, -0.1) is 0 Å². The topological polar surface area (TPSA) is 73.1 Å². The Labute approximate surface area is 138 Å². The van der Waals surface area contributed by atoms with Gasteiger partial charge in [-0.05, 0) is 18.2 Å². The number of nitrogens with one attached hydrogen (secondary N) is 1. The maximum Gasteiger partial charge on any atom is 0.275 e. The molecule has 0 unspecified atom stereocenters. The maximum absolute atomic E-state index is 12.2. The van der Waals surface area contributed by atoms with Gasteiger partial charge in [-0.2, -0.15) is 5.10 Å². The molecule has 1 N–H and O–H groups in total. The number of para-hydroxylation sites is 1. The predicted molar refractivity (Wildman–Crippen MR) is 90.8 cm³/mol. The van der Waals surface area contributed by atoms with Crippen LogP contribution in [0, 0.1) is 0 Å². The van der Waals surface area contributed by atoms with Crippen molar-refractivity contribution in [3.63, 3.8) is 0 Å². The Balaban J connectivity index is 1.75. The number of amides is 1. The summed E-state index contributed by atoms with van der Waals surface area (Å²) in [4.78, 5) is 12.2. The molecule has 1 amide bonds. The quantitative estimate of drug-likeness (QED) is 0.578. The Morgan fingerprint density at radius 1 is 1.17 bits per heavy atom. The number of rotatable bonds is 5. The Kier molecular flexibility index (Phi) is 4.47. The van der Waals surface area contributed by atoms with Gasteiger partial charge >= 0.3 is 0 Å². The van der Waals surface area contributed by atoms with Crippen molar-refractivity contribution in [1.82, 2.24) is 5.43 Å². The van der Waals surface area contributed by atoms with Crippen molar-refractivity contribution in [3.05, 3.63) is 59.9 Å². The molecule has 0 saturated heterocycles. The molecule has 6 heteroatoms. The van der Waals surface area contributed by atoms with E-state index in [1.54, 1.807) is 38.5 Å². The lowest BCUT2D eigenvalue weighted by Gasteiger charge is -2.06. The monoisotopic (exact) mass is 324 g/mol. The first-order chi connectivity index (χ1) is 11.7. The van der Waals surface area contributed by atoms with E-state index in [-0.39, 0.29) is 5.91 Å². The van der Waals surface area contributed by atoms with Gasteiger partial charge in [0.05, 0.1) is 26.0 Å². The van der Waals surface area contributed by atoms with E-state index in [4.69, 9.17) is 13.9 Å². The van der Waals surface area contributed by atoms with E-state index in [2.05, 4.69) is 10.5 Å². The largest absolute Gasteiger partial charge is 0.497 e. The highest BCUT2D eigenvalue weighted by Gasteiger charge is 2.12. The second-order valence-electron chi connectivity index (χ2n) is 4.95. The lowest BCUT2D eigenvalue weighted by molar-refractivity contribution is 0.0956. The molecule has 24 heavy (non-hydrogen) atoms. The van der Waals surface area contributed by atoms with E-state index in [1.165, 1.54) is 12.5 Å². The molecule has 6 nitrogen and oxygen atoms in total. The van der Waals surface area contributed by atoms with Crippen LogP contribution in [0.5, 0.6) is 11.5 Å². The summed E-state index contributed by atoms with van der Waals surface area (Å²) >= 11 is 0. The lowest BCUT2D eigenvalue weighted by Crippen LogP contribution is -2.17. The van der Waals surface area contributed by atoms with E-state index in [0.29, 0.717) is 22.6 Å². The van der Waals surface area contributed by atoms with Gasteiger partial charge in [0.25, 0.3) is 5.91 Å². The Morgan fingerprint density at radius 2 is 2.00 bits per heavy atom. The van der Waals surface area contributed by atoms with Gasteiger partial charge < -0.3 is 13.9 Å². The highest BCUT2D eigenvalue weighted by atomic mass is 16.5. The summed E-state index contributed by atoms with van der Waals surface area (Å²) in [5.74, 6) is 0.933. The molecule has 0 aliphatic rings. The molecule has 0 aliphatic carbocycles. The number of hydrazone groups is 1. The molecule has 2 aromatic carbocycles. The molecule has 0 bridgehead atoms. The summed E-state index contributed by atoms with van der Waals surface area (Å²) in [7, 11) is 3.14. The van der Waals surface area contributed by atoms with E-state index in [9.17, 15) is 4.79 Å². The van der Waals surface area contributed by atoms with Crippen LogP contribution in [0.4, 0.5) is 0 Å². The van der Waals surface area contributed by atoms with Gasteiger partial charge in [0.2, 0.25) is 0 Å². The molecular weight excluding hydrogens is 308 g/mol. The molecule has 3 rings (SSSR count). The number of hydrogen-bond donors (Lipinski definition) is 1. The highest BCUT2D eigenvalue weighted by Crippen LogP contribution is 2.23. The minimum Gasteiger partial charge on any atom is -0.497 e. The summed E-state index contributed by atoms with van der Waals surface area (Å²) in [6.07, 6.45) is 2.93. The SMILES string of the molecule is COc1ccc(/C=N/NC(=O)c2coc3ccccc23)c(OC)c1. The van der Waals surface area contributed by atoms with E-state index >= 15 is 0 Å². The van der Waals surface area contributed by atoms with Crippen molar-refractivity contribution in [2.45, 2.75) is 0 Å². The molecular formula is C18H16N2O4. The van der Waals surface area contributed by atoms with Crippen molar-refractivity contribution in [3.8, 4) is 11.5 Å². The molecule has 0 fully saturated rings. The summed E-state index contributed by atoms with van der Waals surface area (Å²) in [6.45, 7) is 0. The number of ether oxygens (including phenoxy) is 2. The normalized spacial score (nSPS) is 10.9. The average Bonchev–Trinajstić information content (AvgIpc) is 3.06. The second-order valence-corrected chi connectivity index (χ2v) is 4.95. The van der Waals surface area contributed by atoms with E-state index in [1.807, 2.05) is 18.2 Å². The number of hydrogen-bond acceptors (Lipinski definition) is 5. The van der Waals surface area contributed by atoms with Crippen LogP contribution in [0.1, 0.15) is 15.9 Å². The average molecular weight is 324 g/mol. The van der Waals surface area contributed by atoms with Gasteiger partial charge in [0.1, 0.15) is 23.3 Å². The molecule has 0 atom stereocenters. The van der Waals surface area contributed by atoms with Gasteiger partial charge in [-0.3, -0.25) is 4.79 Å². The van der Waals surface area contributed by atoms with Crippen molar-refractivity contribution < 1.29 is 18.7 Å². The first-order valence-corrected chi connectivity index (χ1v) is 7.24. The lowest BCUT2D eigenvalue weighted by atomic mass is 10.2. The summed E-state index contributed by atoms with van der Waals surface area (Å²) < 4.78 is 15.8. The summed E-state index contributed by atoms with van der Waals surface area (Å²) in [6, 6.07) is 12.6. The number of benzene rings is 2. The van der Waals surface area contributed by atoms with Crippen LogP contribution < -0.4 is 14.9 Å². The zero-order valence-electron chi connectivity index (χ0n) is 13.3. The number of fused-ring (bicyclic) bond motifs is 1. The van der Waals surface area contributed by atoms with Crippen LogP contribution in [0.25, 0.3) is 11.0 Å². The maximum atomic E-state index is 12.2. The predicted octanol–water partition coefficient (Wildman–Crippen LogP) is 3.21. The van der Waals surface area contributed by atoms with Gasteiger partial charge in [-0.25, -0.2) is 5.43 Å². The number of methoxy groups -OCH3 is 2. The van der Waals surface area contributed by atoms with Crippen molar-refractivity contribution in [2.75, 3.05) is 14.2 Å². The third-order valence-corrected chi connectivity index (χ3v) is 3.54. The molecule has 122 valence electrons. The third kappa shape index (κ3) is 3.08. The van der Waals surface area contributed by atoms with Gasteiger partial charge in [0.15, 0.2) is 0 Å². The molecule has 3 aromatic rings. The smallest absolute Gasteiger partial charge is 0.275 e. The zero-order chi connectivity index (χ0) is 16.9. The minimum atomic E-state index is -0.344. The van der Waals surface area contributed by atoms with Crippen molar-refractivity contribution in [2.24, 2.45) is 5.10 Å². The van der Waals surface area contributed by atoms with Gasteiger partial charge in [0, 0.05) is 17.0 Å². The fourth-order valence-corrected chi connectivity index (χ4v) is 2.30. The fraction of sp³-hybridized carbons (Fsp3) is 0.111. The standard InChI is InChI=1S/C18H16N2O4/c1-22-13-8-7-12(17(9-13)23-2)10-19-20-18(21)15-11-24-16-6-4-3-5-14(15)16/h3-11H,1-2H3,(H,20,21)/b19-10+. The number of carbonyl (C=O) groups excluding carboxylic acids is 1. The molecule has 0 saturated carbocycles. The van der Waals surface area contributed by atoms with Crippen molar-refractivity contribution >= 4 is 23.1 Å². The van der Waals surface area contributed by atoms with Crippen LogP contribution in [-0.2, 0) is 0 Å². The van der Waals surface area contributed by atoms with Crippen LogP contribution >= 0.6 is 0 Å². The number of carbonyl (C=O) groups is 1. The number of furan rings is 1. The minimum absolute atomic E-state index is 0.344. The molecule has 0 radical (unpaired) electrons. The third-order valence-electron chi connectivity index (χ3n) is 3.54. The molecule has 0 spiro atoms. The number of nitrogens with zero attached hydrogens (tertiary/aromatic N) is 1. The zero-order valence-corrected chi connectivity index (χ0v) is 13.3. The molecule has 1 heterocycles. The van der Waals surface area contributed by atoms with E-state index < -0.39 is 0 Å². The molecule has 1 aromatic heterocycles. The Bertz CT molecular complexity index is 899. The van der Waals surface area contributed by atoms with Crippen LogP contribution in [-0.4, -0.2) is 26.3 Å². The van der Waals surface area contributed by atoms with Crippen LogP contribution in [0.15, 0.2) is 58.2 Å².